The van der Waals surface area contributed by atoms with E-state index in [-0.39, 0.29) is 0 Å². The third kappa shape index (κ3) is 2.31. The summed E-state index contributed by atoms with van der Waals surface area (Å²) in [6, 6.07) is 3.61. The molecule has 0 bridgehead atoms. The van der Waals surface area contributed by atoms with Crippen LogP contribution >= 0.6 is 0 Å². The van der Waals surface area contributed by atoms with Gasteiger partial charge >= 0.3 is 0 Å². The molecule has 5 heteroatoms. The van der Waals surface area contributed by atoms with Crippen LogP contribution in [0.15, 0.2) is 35.2 Å². The minimum absolute atomic E-state index is 0.380. The summed E-state index contributed by atoms with van der Waals surface area (Å²) >= 11 is 0. The Hall–Kier alpha value is -1.91. The molecule has 0 amide bonds. The average Bonchev–Trinajstić information content (AvgIpc) is 2.73. The second kappa shape index (κ2) is 4.08. The maximum atomic E-state index is 12.8. The molecule has 0 fully saturated rings. The maximum absolute atomic E-state index is 12.8. The Bertz CT molecular complexity index is 443. The average molecular weight is 210 g/mol. The molecule has 0 aliphatic heterocycles. The number of anilines is 1. The molecular formula is C10H8F2N2O. The summed E-state index contributed by atoms with van der Waals surface area (Å²) in [7, 11) is 0. The highest BCUT2D eigenvalue weighted by Crippen LogP contribution is 2.13. The van der Waals surface area contributed by atoms with Crippen LogP contribution in [-0.4, -0.2) is 4.98 Å². The Labute approximate surface area is 84.7 Å². The van der Waals surface area contributed by atoms with Gasteiger partial charge in [-0.2, -0.15) is 0 Å². The van der Waals surface area contributed by atoms with Crippen LogP contribution in [0.25, 0.3) is 0 Å². The molecule has 0 spiro atoms. The smallest absolute Gasteiger partial charge is 0.180 e. The van der Waals surface area contributed by atoms with Crippen LogP contribution < -0.4 is 5.32 Å². The molecule has 78 valence electrons. The lowest BCUT2D eigenvalue weighted by Crippen LogP contribution is -1.99. The molecule has 15 heavy (non-hydrogen) atoms. The van der Waals surface area contributed by atoms with E-state index in [1.807, 2.05) is 0 Å². The highest BCUT2D eigenvalue weighted by atomic mass is 19.2. The zero-order valence-electron chi connectivity index (χ0n) is 7.71. The van der Waals surface area contributed by atoms with Crippen molar-refractivity contribution in [2.75, 3.05) is 5.32 Å². The fraction of sp³-hybridized carbons (Fsp3) is 0.100. The minimum Gasteiger partial charge on any atom is -0.447 e. The summed E-state index contributed by atoms with van der Waals surface area (Å²) in [4.78, 5) is 3.73. The van der Waals surface area contributed by atoms with Crippen molar-refractivity contribution in [1.29, 1.82) is 0 Å². The minimum atomic E-state index is -0.877. The topological polar surface area (TPSA) is 38.1 Å². The molecule has 0 saturated heterocycles. The number of rotatable bonds is 3. The van der Waals surface area contributed by atoms with Crippen LogP contribution in [0.1, 0.15) is 5.76 Å². The highest BCUT2D eigenvalue weighted by Gasteiger charge is 2.02. The lowest BCUT2D eigenvalue weighted by Gasteiger charge is -2.03. The number of hydrogen-bond acceptors (Lipinski definition) is 3. The number of nitrogens with one attached hydrogen (secondary N) is 1. The molecule has 1 aromatic carbocycles. The molecule has 1 aromatic heterocycles. The number of aromatic nitrogens is 1. The van der Waals surface area contributed by atoms with Crippen LogP contribution in [0.2, 0.25) is 0 Å². The van der Waals surface area contributed by atoms with Gasteiger partial charge < -0.3 is 9.73 Å². The second-order valence-electron chi connectivity index (χ2n) is 2.95. The van der Waals surface area contributed by atoms with Gasteiger partial charge in [-0.1, -0.05) is 0 Å². The van der Waals surface area contributed by atoms with Crippen molar-refractivity contribution in [3.63, 3.8) is 0 Å². The first kappa shape index (κ1) is 9.64. The van der Waals surface area contributed by atoms with Crippen molar-refractivity contribution in [2.24, 2.45) is 0 Å². The zero-order chi connectivity index (χ0) is 10.7. The van der Waals surface area contributed by atoms with E-state index in [2.05, 4.69) is 10.3 Å². The molecule has 1 heterocycles. The van der Waals surface area contributed by atoms with E-state index >= 15 is 0 Å². The van der Waals surface area contributed by atoms with Gasteiger partial charge in [0.25, 0.3) is 0 Å². The molecule has 0 aliphatic carbocycles. The van der Waals surface area contributed by atoms with E-state index < -0.39 is 11.6 Å². The van der Waals surface area contributed by atoms with Crippen LogP contribution in [0.4, 0.5) is 14.5 Å². The molecule has 0 atom stereocenters. The normalized spacial score (nSPS) is 10.3. The highest BCUT2D eigenvalue weighted by molar-refractivity contribution is 5.43. The second-order valence-corrected chi connectivity index (χ2v) is 2.95. The summed E-state index contributed by atoms with van der Waals surface area (Å²) in [5.41, 5.74) is 0.491. The molecule has 1 N–H and O–H groups in total. The lowest BCUT2D eigenvalue weighted by atomic mass is 10.3. The number of benzene rings is 1. The maximum Gasteiger partial charge on any atom is 0.180 e. The van der Waals surface area contributed by atoms with Crippen molar-refractivity contribution in [2.45, 2.75) is 6.54 Å². The first-order chi connectivity index (χ1) is 7.25. The Morgan fingerprint density at radius 2 is 2.13 bits per heavy atom. The Balaban J connectivity index is 2.02. The molecule has 2 rings (SSSR count). The van der Waals surface area contributed by atoms with Crippen molar-refractivity contribution >= 4 is 5.69 Å². The quantitative estimate of drug-likeness (QED) is 0.846. The lowest BCUT2D eigenvalue weighted by molar-refractivity contribution is 0.506. The summed E-state index contributed by atoms with van der Waals surface area (Å²) < 4.78 is 30.3. The van der Waals surface area contributed by atoms with Gasteiger partial charge in [-0.25, -0.2) is 13.8 Å². The number of halogens is 2. The van der Waals surface area contributed by atoms with E-state index in [1.165, 1.54) is 12.5 Å². The van der Waals surface area contributed by atoms with Crippen molar-refractivity contribution in [3.8, 4) is 0 Å². The molecule has 0 aliphatic rings. The molecule has 0 radical (unpaired) electrons. The van der Waals surface area contributed by atoms with Gasteiger partial charge in [0.1, 0.15) is 5.76 Å². The van der Waals surface area contributed by atoms with Crippen LogP contribution in [0.5, 0.6) is 0 Å². The number of nitrogens with zero attached hydrogens (tertiary/aromatic N) is 1. The van der Waals surface area contributed by atoms with Crippen LogP contribution in [-0.2, 0) is 6.54 Å². The molecule has 3 nitrogen and oxygen atoms in total. The fourth-order valence-corrected chi connectivity index (χ4v) is 1.12. The van der Waals surface area contributed by atoms with Gasteiger partial charge in [-0.15, -0.1) is 0 Å². The van der Waals surface area contributed by atoms with E-state index in [4.69, 9.17) is 4.42 Å². The summed E-state index contributed by atoms with van der Waals surface area (Å²) in [6.45, 7) is 0.380. The molecule has 0 unspecified atom stereocenters. The summed E-state index contributed by atoms with van der Waals surface area (Å²) in [5, 5.41) is 2.87. The van der Waals surface area contributed by atoms with Gasteiger partial charge in [0, 0.05) is 11.8 Å². The van der Waals surface area contributed by atoms with E-state index in [0.29, 0.717) is 18.0 Å². The van der Waals surface area contributed by atoms with Gasteiger partial charge in [-0.05, 0) is 12.1 Å². The zero-order valence-corrected chi connectivity index (χ0v) is 7.71. The Kier molecular flexibility index (Phi) is 2.62. The van der Waals surface area contributed by atoms with Gasteiger partial charge in [0.2, 0.25) is 0 Å². The predicted molar refractivity (Wildman–Crippen MR) is 50.2 cm³/mol. The van der Waals surface area contributed by atoms with E-state index in [0.717, 1.165) is 12.1 Å². The Morgan fingerprint density at radius 1 is 1.27 bits per heavy atom. The number of oxazole rings is 1. The van der Waals surface area contributed by atoms with Crippen molar-refractivity contribution in [1.82, 2.24) is 4.98 Å². The van der Waals surface area contributed by atoms with Gasteiger partial charge in [0.15, 0.2) is 18.0 Å². The van der Waals surface area contributed by atoms with Crippen LogP contribution in [0, 0.1) is 11.6 Å². The van der Waals surface area contributed by atoms with Gasteiger partial charge in [-0.3, -0.25) is 0 Å². The Morgan fingerprint density at radius 3 is 2.80 bits per heavy atom. The predicted octanol–water partition coefficient (Wildman–Crippen LogP) is 2.56. The van der Waals surface area contributed by atoms with Crippen molar-refractivity contribution in [3.05, 3.63) is 48.2 Å². The SMILES string of the molecule is Fc1ccc(NCc2cnco2)cc1F. The fourth-order valence-electron chi connectivity index (χ4n) is 1.12. The molecular weight excluding hydrogens is 202 g/mol. The largest absolute Gasteiger partial charge is 0.447 e. The third-order valence-corrected chi connectivity index (χ3v) is 1.87. The molecule has 2 aromatic rings. The van der Waals surface area contributed by atoms with E-state index in [1.54, 1.807) is 6.20 Å². The summed E-state index contributed by atoms with van der Waals surface area (Å²) in [6.07, 6.45) is 2.86. The monoisotopic (exact) mass is 210 g/mol. The van der Waals surface area contributed by atoms with Crippen LogP contribution in [0.3, 0.4) is 0 Å². The third-order valence-electron chi connectivity index (χ3n) is 1.87. The van der Waals surface area contributed by atoms with Crippen molar-refractivity contribution < 1.29 is 13.2 Å². The first-order valence-corrected chi connectivity index (χ1v) is 4.32. The standard InChI is InChI=1S/C10H8F2N2O/c11-9-2-1-7(3-10(9)12)14-5-8-4-13-6-15-8/h1-4,6,14H,5H2. The number of hydrogen-bond donors (Lipinski definition) is 1. The van der Waals surface area contributed by atoms with Gasteiger partial charge in [0.05, 0.1) is 12.7 Å². The van der Waals surface area contributed by atoms with E-state index in [9.17, 15) is 8.78 Å². The molecule has 0 saturated carbocycles. The first-order valence-electron chi connectivity index (χ1n) is 4.32. The summed E-state index contributed by atoms with van der Waals surface area (Å²) in [5.74, 6) is -1.11.